The summed E-state index contributed by atoms with van der Waals surface area (Å²) in [6, 6.07) is 15.1. The number of benzene rings is 3. The largest absolute Gasteiger partial charge is 0.573 e. The van der Waals surface area contributed by atoms with Crippen LogP contribution in [0.25, 0.3) is 6.08 Å². The predicted molar refractivity (Wildman–Crippen MR) is 149 cm³/mol. The summed E-state index contributed by atoms with van der Waals surface area (Å²) < 4.78 is 56.1. The van der Waals surface area contributed by atoms with E-state index >= 15 is 0 Å². The predicted octanol–water partition coefficient (Wildman–Crippen LogP) is 5.94. The van der Waals surface area contributed by atoms with Gasteiger partial charge in [-0.3, -0.25) is 0 Å². The molecule has 0 spiro atoms. The monoisotopic (exact) mass is 586 g/mol. The highest BCUT2D eigenvalue weighted by molar-refractivity contribution is 5.92. The normalized spacial score (nSPS) is 11.2. The zero-order valence-corrected chi connectivity index (χ0v) is 22.4. The molecule has 0 fully saturated rings. The summed E-state index contributed by atoms with van der Waals surface area (Å²) in [5.41, 5.74) is 13.1. The van der Waals surface area contributed by atoms with Crippen LogP contribution < -0.4 is 20.9 Å². The van der Waals surface area contributed by atoms with Crippen molar-refractivity contribution in [1.29, 1.82) is 0 Å². The van der Waals surface area contributed by atoms with E-state index in [9.17, 15) is 27.6 Å². The van der Waals surface area contributed by atoms with Crippen LogP contribution in [0.1, 0.15) is 52.0 Å². The zero-order valence-electron chi connectivity index (χ0n) is 22.4. The Labute approximate surface area is 239 Å². The van der Waals surface area contributed by atoms with Gasteiger partial charge in [0.1, 0.15) is 11.5 Å². The van der Waals surface area contributed by atoms with Crippen LogP contribution in [0, 0.1) is 0 Å². The van der Waals surface area contributed by atoms with Gasteiger partial charge in [0.15, 0.2) is 0 Å². The van der Waals surface area contributed by atoms with Crippen LogP contribution in [0.2, 0.25) is 0 Å². The molecule has 0 aliphatic heterocycles. The molecular weight excluding hydrogens is 557 g/mol. The third kappa shape index (κ3) is 11.2. The molecule has 222 valence electrons. The maximum atomic E-state index is 12.2. The van der Waals surface area contributed by atoms with Crippen molar-refractivity contribution >= 4 is 35.4 Å². The number of unbranched alkanes of at least 4 members (excludes halogenated alkanes) is 3. The molecule has 0 aromatic heterocycles. The number of ether oxygens (including phenoxy) is 4. The molecule has 42 heavy (non-hydrogen) atoms. The van der Waals surface area contributed by atoms with Crippen LogP contribution in [0.15, 0.2) is 72.8 Å². The standard InChI is InChI=1S/C30H29F3N2O7/c31-30(32,33)42-26-12-8-21(9-13-26)29(38)41-25-10-5-20(6-11-25)7-14-27(36)39-15-3-1-2-4-16-40-28(37)22-17-23(34)19-24(35)18-22/h5-14,17-19H,1-4,15-16,34-35H2/b14-7+. The van der Waals surface area contributed by atoms with E-state index < -0.39 is 30.0 Å². The molecule has 0 aliphatic carbocycles. The molecule has 0 atom stereocenters. The van der Waals surface area contributed by atoms with Crippen molar-refractivity contribution in [2.24, 2.45) is 0 Å². The lowest BCUT2D eigenvalue weighted by Gasteiger charge is -2.09. The van der Waals surface area contributed by atoms with E-state index in [0.29, 0.717) is 35.3 Å². The quantitative estimate of drug-likeness (QED) is 0.0818. The molecule has 4 N–H and O–H groups in total. The second kappa shape index (κ2) is 15.1. The maximum Gasteiger partial charge on any atom is 0.573 e. The molecule has 0 heterocycles. The molecule has 0 aliphatic rings. The number of anilines is 2. The van der Waals surface area contributed by atoms with E-state index in [-0.39, 0.29) is 24.5 Å². The van der Waals surface area contributed by atoms with Crippen molar-refractivity contribution in [3.8, 4) is 11.5 Å². The van der Waals surface area contributed by atoms with Crippen molar-refractivity contribution in [2.45, 2.75) is 32.0 Å². The first-order valence-electron chi connectivity index (χ1n) is 12.8. The number of halogens is 3. The molecule has 3 aromatic rings. The summed E-state index contributed by atoms with van der Waals surface area (Å²) in [5, 5.41) is 0. The second-order valence-corrected chi connectivity index (χ2v) is 8.97. The first-order valence-corrected chi connectivity index (χ1v) is 12.8. The van der Waals surface area contributed by atoms with Gasteiger partial charge in [-0.05, 0) is 91.9 Å². The Bertz CT molecular complexity index is 1370. The number of carbonyl (C=O) groups excluding carboxylic acids is 3. The number of nitrogen functional groups attached to an aromatic ring is 2. The van der Waals surface area contributed by atoms with Crippen LogP contribution in [-0.4, -0.2) is 37.5 Å². The first-order chi connectivity index (χ1) is 20.0. The molecule has 12 heteroatoms. The van der Waals surface area contributed by atoms with Crippen molar-refractivity contribution < 1.29 is 46.5 Å². The number of alkyl halides is 3. The summed E-state index contributed by atoms with van der Waals surface area (Å²) in [5.74, 6) is -2.01. The van der Waals surface area contributed by atoms with Crippen molar-refractivity contribution in [3.05, 3.63) is 89.5 Å². The van der Waals surface area contributed by atoms with Gasteiger partial charge in [0.25, 0.3) is 0 Å². The highest BCUT2D eigenvalue weighted by atomic mass is 19.4. The summed E-state index contributed by atoms with van der Waals surface area (Å²) >= 11 is 0. The number of hydrogen-bond donors (Lipinski definition) is 2. The average Bonchev–Trinajstić information content (AvgIpc) is 2.93. The van der Waals surface area contributed by atoms with Crippen molar-refractivity contribution in [3.63, 3.8) is 0 Å². The van der Waals surface area contributed by atoms with E-state index in [1.54, 1.807) is 18.2 Å². The van der Waals surface area contributed by atoms with Gasteiger partial charge in [-0.25, -0.2) is 14.4 Å². The number of esters is 3. The topological polar surface area (TPSA) is 140 Å². The summed E-state index contributed by atoms with van der Waals surface area (Å²) in [6.07, 6.45) is 0.860. The fraction of sp³-hybridized carbons (Fsp3) is 0.233. The fourth-order valence-corrected chi connectivity index (χ4v) is 3.59. The number of hydrogen-bond acceptors (Lipinski definition) is 9. The van der Waals surface area contributed by atoms with E-state index in [1.807, 2.05) is 0 Å². The number of rotatable bonds is 13. The van der Waals surface area contributed by atoms with Gasteiger partial charge < -0.3 is 30.4 Å². The summed E-state index contributed by atoms with van der Waals surface area (Å²) in [4.78, 5) is 36.2. The van der Waals surface area contributed by atoms with Crippen molar-refractivity contribution in [1.82, 2.24) is 0 Å². The highest BCUT2D eigenvalue weighted by Crippen LogP contribution is 2.23. The Hall–Kier alpha value is -5.00. The molecule has 0 saturated heterocycles. The van der Waals surface area contributed by atoms with Gasteiger partial charge in [-0.2, -0.15) is 0 Å². The van der Waals surface area contributed by atoms with Gasteiger partial charge in [-0.1, -0.05) is 12.1 Å². The number of carbonyl (C=O) groups is 3. The van der Waals surface area contributed by atoms with Gasteiger partial charge in [-0.15, -0.1) is 13.2 Å². The third-order valence-electron chi connectivity index (χ3n) is 5.56. The SMILES string of the molecule is Nc1cc(N)cc(C(=O)OCCCCCCOC(=O)/C=C/c2ccc(OC(=O)c3ccc(OC(F)(F)F)cc3)cc2)c1. The summed E-state index contributed by atoms with van der Waals surface area (Å²) in [6.45, 7) is 0.492. The Morgan fingerprint density at radius 1 is 0.690 bits per heavy atom. The second-order valence-electron chi connectivity index (χ2n) is 8.97. The van der Waals surface area contributed by atoms with Crippen LogP contribution >= 0.6 is 0 Å². The first kappa shape index (κ1) is 31.5. The van der Waals surface area contributed by atoms with E-state index in [0.717, 1.165) is 37.1 Å². The van der Waals surface area contributed by atoms with E-state index in [1.165, 1.54) is 36.4 Å². The molecular formula is C30H29F3N2O7. The highest BCUT2D eigenvalue weighted by Gasteiger charge is 2.31. The Kier molecular flexibility index (Phi) is 11.4. The lowest BCUT2D eigenvalue weighted by molar-refractivity contribution is -0.274. The molecule has 0 radical (unpaired) electrons. The van der Waals surface area contributed by atoms with Gasteiger partial charge in [0, 0.05) is 17.5 Å². The minimum absolute atomic E-state index is 0.0414. The Morgan fingerprint density at radius 2 is 1.26 bits per heavy atom. The molecule has 0 unspecified atom stereocenters. The minimum Gasteiger partial charge on any atom is -0.463 e. The van der Waals surface area contributed by atoms with Gasteiger partial charge in [0.05, 0.1) is 24.3 Å². The van der Waals surface area contributed by atoms with E-state index in [4.69, 9.17) is 25.7 Å². The zero-order chi connectivity index (χ0) is 30.5. The molecule has 9 nitrogen and oxygen atoms in total. The average molecular weight is 587 g/mol. The molecule has 0 bridgehead atoms. The Morgan fingerprint density at radius 3 is 1.86 bits per heavy atom. The maximum absolute atomic E-state index is 12.2. The Balaban J connectivity index is 1.29. The van der Waals surface area contributed by atoms with Crippen molar-refractivity contribution in [2.75, 3.05) is 24.7 Å². The van der Waals surface area contributed by atoms with Crippen LogP contribution in [-0.2, 0) is 14.3 Å². The molecule has 0 amide bonds. The lowest BCUT2D eigenvalue weighted by Crippen LogP contribution is -2.17. The van der Waals surface area contributed by atoms with Crippen LogP contribution in [0.5, 0.6) is 11.5 Å². The van der Waals surface area contributed by atoms with Crippen LogP contribution in [0.4, 0.5) is 24.5 Å². The molecule has 0 saturated carbocycles. The lowest BCUT2D eigenvalue weighted by atomic mass is 10.2. The van der Waals surface area contributed by atoms with Gasteiger partial charge in [0.2, 0.25) is 0 Å². The minimum atomic E-state index is -4.83. The fourth-order valence-electron chi connectivity index (χ4n) is 3.59. The summed E-state index contributed by atoms with van der Waals surface area (Å²) in [7, 11) is 0. The van der Waals surface area contributed by atoms with Gasteiger partial charge >= 0.3 is 24.3 Å². The third-order valence-corrected chi connectivity index (χ3v) is 5.56. The van der Waals surface area contributed by atoms with Crippen LogP contribution in [0.3, 0.4) is 0 Å². The number of nitrogens with two attached hydrogens (primary N) is 2. The van der Waals surface area contributed by atoms with E-state index in [2.05, 4.69) is 4.74 Å². The molecule has 3 aromatic carbocycles. The molecule has 3 rings (SSSR count). The smallest absolute Gasteiger partial charge is 0.463 e.